The lowest BCUT2D eigenvalue weighted by molar-refractivity contribution is -0.118. The van der Waals surface area contributed by atoms with E-state index in [1.54, 1.807) is 30.6 Å². The predicted octanol–water partition coefficient (Wildman–Crippen LogP) is 6.38. The van der Waals surface area contributed by atoms with Crippen LogP contribution in [0.5, 0.6) is 0 Å². The first-order valence-electron chi connectivity index (χ1n) is 9.64. The second kappa shape index (κ2) is 6.36. The summed E-state index contributed by atoms with van der Waals surface area (Å²) in [6.07, 6.45) is 3.59. The lowest BCUT2D eigenvalue weighted by Gasteiger charge is -2.28. The number of anilines is 1. The van der Waals surface area contributed by atoms with E-state index in [1.807, 2.05) is 24.3 Å². The minimum atomic E-state index is -1.30. The van der Waals surface area contributed by atoms with Crippen molar-refractivity contribution in [1.82, 2.24) is 9.97 Å². The van der Waals surface area contributed by atoms with Crippen molar-refractivity contribution in [3.05, 3.63) is 99.5 Å². The Kier molecular flexibility index (Phi) is 3.79. The minimum Gasteiger partial charge on any atom is -0.361 e. The van der Waals surface area contributed by atoms with Crippen LogP contribution in [0, 0.1) is 5.82 Å². The molecule has 3 N–H and O–H groups in total. The molecule has 0 unspecified atom stereocenters. The van der Waals surface area contributed by atoms with Crippen LogP contribution < -0.4 is 5.32 Å². The van der Waals surface area contributed by atoms with Crippen molar-refractivity contribution in [2.75, 3.05) is 5.32 Å². The van der Waals surface area contributed by atoms with Crippen molar-refractivity contribution in [2.45, 2.75) is 5.41 Å². The lowest BCUT2D eigenvalue weighted by Crippen LogP contribution is -2.36. The molecule has 3 heterocycles. The number of H-pyrrole nitrogens is 2. The van der Waals surface area contributed by atoms with Gasteiger partial charge in [-0.1, -0.05) is 23.2 Å². The van der Waals surface area contributed by atoms with Gasteiger partial charge in [-0.2, -0.15) is 0 Å². The highest BCUT2D eigenvalue weighted by Crippen LogP contribution is 2.51. The van der Waals surface area contributed by atoms with E-state index in [9.17, 15) is 9.18 Å². The molecule has 5 aromatic rings. The van der Waals surface area contributed by atoms with Crippen LogP contribution >= 0.6 is 23.2 Å². The second-order valence-corrected chi connectivity index (χ2v) is 8.55. The molecule has 0 spiro atoms. The number of benzene rings is 3. The number of hydrogen-bond donors (Lipinski definition) is 3. The SMILES string of the molecule is O=C1Nc2ccc(F)cc2C1(c1c[nH]c2ccc(Cl)cc12)c1c[nH]c2ccc(Cl)cc12. The number of halogens is 3. The number of aromatic amines is 2. The summed E-state index contributed by atoms with van der Waals surface area (Å²) in [4.78, 5) is 20.3. The third-order valence-corrected chi connectivity index (χ3v) is 6.54. The molecule has 3 aromatic carbocycles. The molecule has 0 aliphatic carbocycles. The van der Waals surface area contributed by atoms with Crippen molar-refractivity contribution in [3.63, 3.8) is 0 Å². The molecule has 1 aliphatic rings. The minimum absolute atomic E-state index is 0.269. The van der Waals surface area contributed by atoms with Gasteiger partial charge in [-0.3, -0.25) is 4.79 Å². The van der Waals surface area contributed by atoms with Crippen molar-refractivity contribution >= 4 is 56.6 Å². The standard InChI is InChI=1S/C24H14Cl2FN3O/c25-12-1-4-20-15(7-12)18(10-28-20)24(17-9-14(27)3-6-22(17)30-23(24)31)19-11-29-21-5-2-13(26)8-16(19)21/h1-11,28-29H,(H,30,31). The fourth-order valence-corrected chi connectivity index (χ4v) is 5.10. The quantitative estimate of drug-likeness (QED) is 0.287. The Morgan fingerprint density at radius 3 is 1.90 bits per heavy atom. The summed E-state index contributed by atoms with van der Waals surface area (Å²) in [6.45, 7) is 0. The average molecular weight is 450 g/mol. The molecule has 1 aliphatic heterocycles. The molecule has 0 bridgehead atoms. The summed E-state index contributed by atoms with van der Waals surface area (Å²) in [5.74, 6) is -0.690. The summed E-state index contributed by atoms with van der Waals surface area (Å²) in [7, 11) is 0. The van der Waals surface area contributed by atoms with Gasteiger partial charge in [0.2, 0.25) is 5.91 Å². The van der Waals surface area contributed by atoms with E-state index in [0.29, 0.717) is 32.4 Å². The van der Waals surface area contributed by atoms with Gasteiger partial charge in [-0.15, -0.1) is 0 Å². The van der Waals surface area contributed by atoms with Gasteiger partial charge in [0.25, 0.3) is 0 Å². The van der Waals surface area contributed by atoms with E-state index < -0.39 is 11.2 Å². The lowest BCUT2D eigenvalue weighted by atomic mass is 9.70. The topological polar surface area (TPSA) is 60.7 Å². The molecule has 31 heavy (non-hydrogen) atoms. The Balaban J connectivity index is 1.80. The number of fused-ring (bicyclic) bond motifs is 3. The largest absolute Gasteiger partial charge is 0.361 e. The maximum absolute atomic E-state index is 14.5. The molecule has 4 nitrogen and oxygen atoms in total. The van der Waals surface area contributed by atoms with E-state index >= 15 is 0 Å². The molecule has 7 heteroatoms. The number of amides is 1. The summed E-state index contributed by atoms with van der Waals surface area (Å²) in [6, 6.07) is 15.3. The fraction of sp³-hybridized carbons (Fsp3) is 0.0417. The number of nitrogens with one attached hydrogen (secondary N) is 3. The van der Waals surface area contributed by atoms with Gasteiger partial charge in [0, 0.05) is 66.6 Å². The first kappa shape index (κ1) is 18.5. The molecule has 0 saturated heterocycles. The van der Waals surface area contributed by atoms with Crippen LogP contribution in [0.15, 0.2) is 67.0 Å². The van der Waals surface area contributed by atoms with Crippen molar-refractivity contribution in [1.29, 1.82) is 0 Å². The van der Waals surface area contributed by atoms with E-state index in [0.717, 1.165) is 21.8 Å². The number of rotatable bonds is 2. The first-order chi connectivity index (χ1) is 15.0. The fourth-order valence-electron chi connectivity index (χ4n) is 4.76. The van der Waals surface area contributed by atoms with E-state index in [4.69, 9.17) is 23.2 Å². The summed E-state index contributed by atoms with van der Waals surface area (Å²) in [5, 5.41) is 5.62. The molecular weight excluding hydrogens is 436 g/mol. The highest BCUT2D eigenvalue weighted by atomic mass is 35.5. The number of carbonyl (C=O) groups is 1. The molecule has 152 valence electrons. The Morgan fingerprint density at radius 1 is 0.742 bits per heavy atom. The maximum atomic E-state index is 14.5. The monoisotopic (exact) mass is 449 g/mol. The van der Waals surface area contributed by atoms with Crippen molar-refractivity contribution in [3.8, 4) is 0 Å². The van der Waals surface area contributed by atoms with Gasteiger partial charge in [0.1, 0.15) is 11.2 Å². The van der Waals surface area contributed by atoms with Gasteiger partial charge >= 0.3 is 0 Å². The van der Waals surface area contributed by atoms with Crippen LogP contribution in [0.4, 0.5) is 10.1 Å². The Bertz CT molecular complexity index is 1450. The Labute approximate surface area is 186 Å². The molecule has 0 atom stereocenters. The van der Waals surface area contributed by atoms with Crippen LogP contribution in [-0.2, 0) is 10.2 Å². The van der Waals surface area contributed by atoms with E-state index in [-0.39, 0.29) is 5.91 Å². The van der Waals surface area contributed by atoms with Crippen LogP contribution in [-0.4, -0.2) is 15.9 Å². The maximum Gasteiger partial charge on any atom is 0.244 e. The molecule has 2 aromatic heterocycles. The van der Waals surface area contributed by atoms with Crippen molar-refractivity contribution < 1.29 is 9.18 Å². The zero-order valence-electron chi connectivity index (χ0n) is 15.9. The van der Waals surface area contributed by atoms with E-state index in [2.05, 4.69) is 15.3 Å². The van der Waals surface area contributed by atoms with Gasteiger partial charge in [-0.05, 0) is 54.6 Å². The summed E-state index contributed by atoms with van der Waals surface area (Å²) >= 11 is 12.6. The van der Waals surface area contributed by atoms with Crippen LogP contribution in [0.2, 0.25) is 10.0 Å². The number of carbonyl (C=O) groups excluding carboxylic acids is 1. The van der Waals surface area contributed by atoms with Crippen LogP contribution in [0.1, 0.15) is 16.7 Å². The second-order valence-electron chi connectivity index (χ2n) is 7.68. The number of aromatic nitrogens is 2. The van der Waals surface area contributed by atoms with Gasteiger partial charge in [0.15, 0.2) is 0 Å². The Morgan fingerprint density at radius 2 is 1.32 bits per heavy atom. The average Bonchev–Trinajstić information content (AvgIpc) is 3.42. The highest BCUT2D eigenvalue weighted by molar-refractivity contribution is 6.32. The summed E-state index contributed by atoms with van der Waals surface area (Å²) in [5.41, 5.74) is 2.84. The Hall–Kier alpha value is -3.28. The van der Waals surface area contributed by atoms with Gasteiger partial charge < -0.3 is 15.3 Å². The predicted molar refractivity (Wildman–Crippen MR) is 122 cm³/mol. The number of hydrogen-bond acceptors (Lipinski definition) is 1. The summed E-state index contributed by atoms with van der Waals surface area (Å²) < 4.78 is 14.5. The van der Waals surface area contributed by atoms with Crippen molar-refractivity contribution in [2.24, 2.45) is 0 Å². The smallest absolute Gasteiger partial charge is 0.244 e. The molecule has 0 radical (unpaired) electrons. The normalized spacial score (nSPS) is 14.9. The van der Waals surface area contributed by atoms with Crippen LogP contribution in [0.3, 0.4) is 0 Å². The first-order valence-corrected chi connectivity index (χ1v) is 10.4. The van der Waals surface area contributed by atoms with Gasteiger partial charge in [0.05, 0.1) is 0 Å². The zero-order valence-corrected chi connectivity index (χ0v) is 17.4. The molecular formula is C24H14Cl2FN3O. The molecule has 1 amide bonds. The zero-order chi connectivity index (χ0) is 21.3. The molecule has 0 fully saturated rings. The molecule has 0 saturated carbocycles. The van der Waals surface area contributed by atoms with Gasteiger partial charge in [-0.25, -0.2) is 4.39 Å². The molecule has 6 rings (SSSR count). The highest BCUT2D eigenvalue weighted by Gasteiger charge is 2.52. The third kappa shape index (κ3) is 2.44. The van der Waals surface area contributed by atoms with E-state index in [1.165, 1.54) is 12.1 Å². The third-order valence-electron chi connectivity index (χ3n) is 6.07. The van der Waals surface area contributed by atoms with Crippen LogP contribution in [0.25, 0.3) is 21.8 Å².